The highest BCUT2D eigenvalue weighted by atomic mass is 32.1. The van der Waals surface area contributed by atoms with Gasteiger partial charge in [-0.05, 0) is 57.7 Å². The van der Waals surface area contributed by atoms with Crippen molar-refractivity contribution in [2.24, 2.45) is 7.05 Å². The third-order valence-corrected chi connectivity index (χ3v) is 5.08. The van der Waals surface area contributed by atoms with Gasteiger partial charge in [0.25, 0.3) is 5.91 Å². The molecule has 0 saturated heterocycles. The van der Waals surface area contributed by atoms with Crippen LogP contribution in [0.2, 0.25) is 0 Å². The molecule has 3 aromatic rings. The highest BCUT2D eigenvalue weighted by Gasteiger charge is 2.23. The van der Waals surface area contributed by atoms with Crippen LogP contribution in [0.25, 0.3) is 10.2 Å². The van der Waals surface area contributed by atoms with Crippen molar-refractivity contribution >= 4 is 32.6 Å². The molecule has 0 saturated carbocycles. The van der Waals surface area contributed by atoms with Crippen molar-refractivity contribution in [3.63, 3.8) is 0 Å². The minimum atomic E-state index is -0.0606. The number of hydrogen-bond acceptors (Lipinski definition) is 5. The van der Waals surface area contributed by atoms with Gasteiger partial charge in [0.15, 0.2) is 5.13 Å². The van der Waals surface area contributed by atoms with Gasteiger partial charge < -0.3 is 4.90 Å². The minimum Gasteiger partial charge on any atom is -0.309 e. The minimum absolute atomic E-state index is 0.0606. The van der Waals surface area contributed by atoms with E-state index in [0.717, 1.165) is 28.3 Å². The molecular formula is C18H23N5OS. The monoisotopic (exact) mass is 357 g/mol. The van der Waals surface area contributed by atoms with Crippen molar-refractivity contribution in [3.8, 4) is 0 Å². The Hall–Kier alpha value is -2.25. The Morgan fingerprint density at radius 3 is 2.72 bits per heavy atom. The van der Waals surface area contributed by atoms with Gasteiger partial charge in [0.2, 0.25) is 0 Å². The van der Waals surface area contributed by atoms with Gasteiger partial charge in [0.1, 0.15) is 5.69 Å². The molecule has 0 aliphatic carbocycles. The molecule has 0 radical (unpaired) electrons. The van der Waals surface area contributed by atoms with Gasteiger partial charge in [-0.3, -0.25) is 14.4 Å². The predicted octanol–water partition coefficient (Wildman–Crippen LogP) is 2.94. The van der Waals surface area contributed by atoms with E-state index in [9.17, 15) is 4.79 Å². The summed E-state index contributed by atoms with van der Waals surface area (Å²) in [5.41, 5.74) is 2.70. The van der Waals surface area contributed by atoms with Crippen LogP contribution in [0.15, 0.2) is 30.5 Å². The molecule has 7 heteroatoms. The summed E-state index contributed by atoms with van der Waals surface area (Å²) in [7, 11) is 5.86. The normalized spacial score (nSPS) is 11.4. The summed E-state index contributed by atoms with van der Waals surface area (Å²) < 4.78 is 2.71. The molecule has 0 bridgehead atoms. The van der Waals surface area contributed by atoms with Crippen LogP contribution in [-0.2, 0) is 7.05 Å². The fourth-order valence-corrected chi connectivity index (χ4v) is 3.77. The van der Waals surface area contributed by atoms with Crippen molar-refractivity contribution in [2.75, 3.05) is 32.1 Å². The van der Waals surface area contributed by atoms with Gasteiger partial charge in [-0.15, -0.1) is 0 Å². The lowest BCUT2D eigenvalue weighted by molar-refractivity contribution is 0.0977. The van der Waals surface area contributed by atoms with Crippen LogP contribution in [0.4, 0.5) is 5.13 Å². The third kappa shape index (κ3) is 3.88. The number of nitrogens with zero attached hydrogens (tertiary/aromatic N) is 5. The fraction of sp³-hybridized carbons (Fsp3) is 0.389. The van der Waals surface area contributed by atoms with E-state index in [4.69, 9.17) is 4.98 Å². The Morgan fingerprint density at radius 1 is 1.24 bits per heavy atom. The number of benzene rings is 1. The smallest absolute Gasteiger partial charge is 0.278 e. The van der Waals surface area contributed by atoms with Crippen LogP contribution in [0.5, 0.6) is 0 Å². The Labute approximate surface area is 151 Å². The van der Waals surface area contributed by atoms with Gasteiger partial charge in [-0.25, -0.2) is 4.98 Å². The molecule has 2 aromatic heterocycles. The largest absolute Gasteiger partial charge is 0.309 e. The molecule has 0 fully saturated rings. The second-order valence-electron chi connectivity index (χ2n) is 6.42. The van der Waals surface area contributed by atoms with Gasteiger partial charge in [0, 0.05) is 19.8 Å². The first-order valence-corrected chi connectivity index (χ1v) is 9.09. The van der Waals surface area contributed by atoms with Gasteiger partial charge in [0.05, 0.1) is 10.2 Å². The molecule has 0 aliphatic heterocycles. The lowest BCUT2D eigenvalue weighted by atomic mass is 10.2. The number of rotatable bonds is 6. The molecule has 6 nitrogen and oxygen atoms in total. The number of fused-ring (bicyclic) bond motifs is 1. The summed E-state index contributed by atoms with van der Waals surface area (Å²) in [5, 5.41) is 4.86. The zero-order valence-corrected chi connectivity index (χ0v) is 15.9. The molecule has 1 amide bonds. The lowest BCUT2D eigenvalue weighted by Gasteiger charge is -2.20. The first-order chi connectivity index (χ1) is 12.0. The summed E-state index contributed by atoms with van der Waals surface area (Å²) in [6, 6.07) is 7.92. The summed E-state index contributed by atoms with van der Waals surface area (Å²) >= 11 is 1.56. The molecule has 25 heavy (non-hydrogen) atoms. The van der Waals surface area contributed by atoms with E-state index in [1.807, 2.05) is 26.2 Å². The van der Waals surface area contributed by atoms with E-state index < -0.39 is 0 Å². The summed E-state index contributed by atoms with van der Waals surface area (Å²) in [4.78, 5) is 21.7. The number of aryl methyl sites for hydroxylation is 2. The van der Waals surface area contributed by atoms with E-state index in [1.165, 1.54) is 5.56 Å². The third-order valence-electron chi connectivity index (χ3n) is 4.04. The quantitative estimate of drug-likeness (QED) is 0.681. The molecule has 2 heterocycles. The maximum absolute atomic E-state index is 13.1. The van der Waals surface area contributed by atoms with Gasteiger partial charge in [-0.2, -0.15) is 5.10 Å². The second kappa shape index (κ2) is 7.33. The Morgan fingerprint density at radius 2 is 2.04 bits per heavy atom. The van der Waals surface area contributed by atoms with Gasteiger partial charge in [-0.1, -0.05) is 17.4 Å². The highest BCUT2D eigenvalue weighted by molar-refractivity contribution is 7.22. The predicted molar refractivity (Wildman–Crippen MR) is 102 cm³/mol. The standard InChI is InChI=1S/C18H23N5OS/c1-13-6-7-14-16(12-13)25-18(20-14)23(11-5-10-21(2)3)17(24)15-8-9-19-22(15)4/h6-9,12H,5,10-11H2,1-4H3. The molecule has 1 aromatic carbocycles. The van der Waals surface area contributed by atoms with Crippen LogP contribution in [0, 0.1) is 6.92 Å². The van der Waals surface area contributed by atoms with E-state index in [1.54, 1.807) is 40.2 Å². The van der Waals surface area contributed by atoms with Crippen molar-refractivity contribution in [1.82, 2.24) is 19.7 Å². The molecule has 0 aliphatic rings. The van der Waals surface area contributed by atoms with Crippen LogP contribution in [-0.4, -0.2) is 52.8 Å². The number of amides is 1. The molecule has 0 atom stereocenters. The zero-order valence-electron chi connectivity index (χ0n) is 15.1. The summed E-state index contributed by atoms with van der Waals surface area (Å²) in [6.45, 7) is 3.61. The molecule has 3 rings (SSSR count). The summed E-state index contributed by atoms with van der Waals surface area (Å²) in [5.74, 6) is -0.0606. The topological polar surface area (TPSA) is 54.3 Å². The average Bonchev–Trinajstić information content (AvgIpc) is 3.16. The van der Waals surface area contributed by atoms with Crippen LogP contribution in [0.3, 0.4) is 0 Å². The first-order valence-electron chi connectivity index (χ1n) is 8.27. The molecule has 0 spiro atoms. The molecular weight excluding hydrogens is 334 g/mol. The second-order valence-corrected chi connectivity index (χ2v) is 7.43. The van der Waals surface area contributed by atoms with Crippen LogP contribution in [0.1, 0.15) is 22.5 Å². The molecule has 0 N–H and O–H groups in total. The average molecular weight is 357 g/mol. The highest BCUT2D eigenvalue weighted by Crippen LogP contribution is 2.30. The zero-order chi connectivity index (χ0) is 18.0. The summed E-state index contributed by atoms with van der Waals surface area (Å²) in [6.07, 6.45) is 2.53. The maximum Gasteiger partial charge on any atom is 0.278 e. The van der Waals surface area contributed by atoms with E-state index in [-0.39, 0.29) is 5.91 Å². The van der Waals surface area contributed by atoms with Crippen molar-refractivity contribution < 1.29 is 4.79 Å². The number of anilines is 1. The number of thiazole rings is 1. The van der Waals surface area contributed by atoms with Crippen molar-refractivity contribution in [3.05, 3.63) is 41.7 Å². The number of hydrogen-bond donors (Lipinski definition) is 0. The lowest BCUT2D eigenvalue weighted by Crippen LogP contribution is -2.34. The van der Waals surface area contributed by atoms with E-state index in [2.05, 4.69) is 23.0 Å². The SMILES string of the molecule is Cc1ccc2nc(N(CCCN(C)C)C(=O)c3ccnn3C)sc2c1. The number of aromatic nitrogens is 3. The van der Waals surface area contributed by atoms with Crippen LogP contribution >= 0.6 is 11.3 Å². The first kappa shape index (κ1) is 17.6. The Kier molecular flexibility index (Phi) is 5.15. The Balaban J connectivity index is 1.94. The van der Waals surface area contributed by atoms with Crippen LogP contribution < -0.4 is 4.90 Å². The molecule has 0 unspecified atom stereocenters. The Bertz CT molecular complexity index is 883. The van der Waals surface area contributed by atoms with Crippen molar-refractivity contribution in [1.29, 1.82) is 0 Å². The van der Waals surface area contributed by atoms with Crippen molar-refractivity contribution in [2.45, 2.75) is 13.3 Å². The van der Waals surface area contributed by atoms with Gasteiger partial charge >= 0.3 is 0 Å². The number of carbonyl (C=O) groups is 1. The fourth-order valence-electron chi connectivity index (χ4n) is 2.69. The van der Waals surface area contributed by atoms with E-state index in [0.29, 0.717) is 12.2 Å². The van der Waals surface area contributed by atoms with E-state index >= 15 is 0 Å². The maximum atomic E-state index is 13.1. The number of carbonyl (C=O) groups excluding carboxylic acids is 1. The molecule has 132 valence electrons.